The Kier molecular flexibility index (Phi) is 11.1. The number of hydrogen-bond donors (Lipinski definition) is 2. The molecule has 156 valence electrons. The second-order valence-corrected chi connectivity index (χ2v) is 14.3. The first-order valence-electron chi connectivity index (χ1n) is 9.16. The van der Waals surface area contributed by atoms with Crippen LogP contribution in [-0.4, -0.2) is 34.0 Å². The van der Waals surface area contributed by atoms with E-state index >= 15 is 0 Å². The molecule has 2 atom stereocenters. The molecule has 28 heavy (non-hydrogen) atoms. The van der Waals surface area contributed by atoms with Crippen LogP contribution in [0.5, 0.6) is 0 Å². The molecule has 0 aliphatic heterocycles. The third kappa shape index (κ3) is 7.60. The summed E-state index contributed by atoms with van der Waals surface area (Å²) in [6, 6.07) is 18.9. The third-order valence-electron chi connectivity index (χ3n) is 4.06. The van der Waals surface area contributed by atoms with Gasteiger partial charge in [-0.2, -0.15) is 0 Å². The standard InChI is InChI=1S/C11H17O2P.C10H14OP.CH4O/c1-11(2,3)14(13,9-12)10-7-5-4-6-8-10;1-10(2,3)12(11)9-7-5-4-6-8-9;1-2/h4-8,12H,9H2,1-3H3;4-8H,1-3H3;2H,1H3/q;+1;/t14-;;/m1../s1. The van der Waals surface area contributed by atoms with Crippen LogP contribution in [0.1, 0.15) is 41.5 Å². The van der Waals surface area contributed by atoms with E-state index in [1.54, 1.807) is 0 Å². The van der Waals surface area contributed by atoms with Gasteiger partial charge < -0.3 is 14.8 Å². The van der Waals surface area contributed by atoms with Crippen molar-refractivity contribution in [1.82, 2.24) is 0 Å². The Labute approximate surface area is 171 Å². The summed E-state index contributed by atoms with van der Waals surface area (Å²) in [7, 11) is -2.95. The molecule has 2 N–H and O–H groups in total. The third-order valence-corrected chi connectivity index (χ3v) is 9.74. The number of hydrogen-bond acceptors (Lipinski definition) is 4. The fraction of sp³-hybridized carbons (Fsp3) is 0.455. The Hall–Kier alpha value is -1.31. The first-order chi connectivity index (χ1) is 12.9. The van der Waals surface area contributed by atoms with E-state index in [9.17, 15) is 14.2 Å². The number of rotatable bonds is 3. The summed E-state index contributed by atoms with van der Waals surface area (Å²) in [5.41, 5.74) is 0. The van der Waals surface area contributed by atoms with Crippen LogP contribution in [0.2, 0.25) is 0 Å². The lowest BCUT2D eigenvalue weighted by atomic mass is 10.3. The molecule has 0 amide bonds. The van der Waals surface area contributed by atoms with Crippen LogP contribution in [0.15, 0.2) is 60.7 Å². The van der Waals surface area contributed by atoms with Gasteiger partial charge >= 0.3 is 7.80 Å². The molecule has 2 aromatic rings. The Morgan fingerprint density at radius 3 is 1.54 bits per heavy atom. The van der Waals surface area contributed by atoms with Crippen LogP contribution in [0.3, 0.4) is 0 Å². The van der Waals surface area contributed by atoms with Gasteiger partial charge in [-0.3, -0.25) is 0 Å². The zero-order valence-electron chi connectivity index (χ0n) is 18.1. The molecule has 0 saturated carbocycles. The minimum absolute atomic E-state index is 0.128. The lowest BCUT2D eigenvalue weighted by Crippen LogP contribution is -2.25. The first kappa shape index (κ1) is 26.7. The van der Waals surface area contributed by atoms with E-state index in [4.69, 9.17) is 5.11 Å². The highest BCUT2D eigenvalue weighted by Gasteiger charge is 2.37. The lowest BCUT2D eigenvalue weighted by Gasteiger charge is -2.29. The van der Waals surface area contributed by atoms with Gasteiger partial charge in [0.25, 0.3) is 0 Å². The highest BCUT2D eigenvalue weighted by Crippen LogP contribution is 2.55. The maximum Gasteiger partial charge on any atom is 0.382 e. The Bertz CT molecular complexity index is 746. The van der Waals surface area contributed by atoms with Gasteiger partial charge in [-0.15, -0.1) is 0 Å². The van der Waals surface area contributed by atoms with Crippen molar-refractivity contribution in [3.05, 3.63) is 60.7 Å². The van der Waals surface area contributed by atoms with Crippen molar-refractivity contribution in [3.63, 3.8) is 0 Å². The molecule has 0 saturated heterocycles. The highest BCUT2D eigenvalue weighted by molar-refractivity contribution is 7.72. The van der Waals surface area contributed by atoms with Gasteiger partial charge in [0.1, 0.15) is 13.5 Å². The zero-order chi connectivity index (χ0) is 22.0. The van der Waals surface area contributed by atoms with Crippen molar-refractivity contribution in [2.24, 2.45) is 0 Å². The smallest absolute Gasteiger partial charge is 0.382 e. The average molecular weight is 425 g/mol. The first-order valence-corrected chi connectivity index (χ1v) is 12.3. The fourth-order valence-electron chi connectivity index (χ4n) is 2.30. The number of aliphatic hydroxyl groups excluding tert-OH is 2. The van der Waals surface area contributed by atoms with Crippen molar-refractivity contribution in [2.45, 2.75) is 51.9 Å². The maximum absolute atomic E-state index is 12.6. The van der Waals surface area contributed by atoms with Gasteiger partial charge in [-0.25, -0.2) is 0 Å². The van der Waals surface area contributed by atoms with Gasteiger partial charge in [-0.1, -0.05) is 73.9 Å². The van der Waals surface area contributed by atoms with E-state index in [0.29, 0.717) is 0 Å². The predicted octanol–water partition coefficient (Wildman–Crippen LogP) is 4.97. The van der Waals surface area contributed by atoms with Crippen LogP contribution in [0.4, 0.5) is 0 Å². The quantitative estimate of drug-likeness (QED) is 0.681. The molecule has 0 spiro atoms. The average Bonchev–Trinajstić information content (AvgIpc) is 2.68. The predicted molar refractivity (Wildman–Crippen MR) is 122 cm³/mol. The molecule has 0 radical (unpaired) electrons. The van der Waals surface area contributed by atoms with Crippen LogP contribution in [-0.2, 0) is 9.13 Å². The molecule has 2 aromatic carbocycles. The van der Waals surface area contributed by atoms with Crippen LogP contribution >= 0.6 is 14.9 Å². The van der Waals surface area contributed by atoms with Crippen molar-refractivity contribution in [3.8, 4) is 0 Å². The van der Waals surface area contributed by atoms with Gasteiger partial charge in [0.05, 0.1) is 0 Å². The number of benzene rings is 2. The SMILES string of the molecule is CC(C)(C)[P+](=O)c1ccccc1.CC(C)(C)[P@@](=O)(CO)c1ccccc1.CO. The highest BCUT2D eigenvalue weighted by atomic mass is 31.2. The van der Waals surface area contributed by atoms with E-state index in [1.165, 1.54) is 0 Å². The molecule has 6 heteroatoms. The van der Waals surface area contributed by atoms with Crippen LogP contribution < -0.4 is 10.6 Å². The molecule has 4 nitrogen and oxygen atoms in total. The molecule has 0 fully saturated rings. The molecule has 2 rings (SSSR count). The van der Waals surface area contributed by atoms with Gasteiger partial charge in [0.15, 0.2) is 10.5 Å². The second-order valence-electron chi connectivity index (χ2n) is 8.19. The molecule has 0 heterocycles. The van der Waals surface area contributed by atoms with E-state index in [1.807, 2.05) is 102 Å². The Morgan fingerprint density at radius 1 is 0.821 bits per heavy atom. The minimum atomic E-state index is -2.68. The molecule has 0 bridgehead atoms. The zero-order valence-corrected chi connectivity index (χ0v) is 19.9. The summed E-state index contributed by atoms with van der Waals surface area (Å²) >= 11 is 0. The van der Waals surface area contributed by atoms with Gasteiger partial charge in [0.2, 0.25) is 0 Å². The second kappa shape index (κ2) is 11.6. The van der Waals surface area contributed by atoms with Crippen molar-refractivity contribution in [1.29, 1.82) is 0 Å². The maximum atomic E-state index is 12.6. The van der Waals surface area contributed by atoms with E-state index in [2.05, 4.69) is 0 Å². The fourth-order valence-corrected chi connectivity index (χ4v) is 5.53. The van der Waals surface area contributed by atoms with Crippen molar-refractivity contribution >= 4 is 25.6 Å². The van der Waals surface area contributed by atoms with Crippen LogP contribution in [0, 0.1) is 0 Å². The lowest BCUT2D eigenvalue weighted by molar-refractivity contribution is 0.354. The summed E-state index contributed by atoms with van der Waals surface area (Å²) in [6.45, 7) is 11.7. The van der Waals surface area contributed by atoms with Crippen molar-refractivity contribution in [2.75, 3.05) is 13.5 Å². The molecule has 0 aromatic heterocycles. The summed E-state index contributed by atoms with van der Waals surface area (Å²) in [6.07, 6.45) is -0.263. The topological polar surface area (TPSA) is 74.6 Å². The van der Waals surface area contributed by atoms with Gasteiger partial charge in [0, 0.05) is 17.6 Å². The summed E-state index contributed by atoms with van der Waals surface area (Å²) in [5, 5.41) is 17.5. The van der Waals surface area contributed by atoms with Crippen LogP contribution in [0.25, 0.3) is 0 Å². The molecular formula is C22H35O4P2+. The monoisotopic (exact) mass is 425 g/mol. The van der Waals surface area contributed by atoms with Gasteiger partial charge in [-0.05, 0) is 32.9 Å². The normalized spacial score (nSPS) is 13.8. The Balaban J connectivity index is 0.000000483. The number of aliphatic hydroxyl groups is 2. The molecular weight excluding hydrogens is 390 g/mol. The van der Waals surface area contributed by atoms with E-state index < -0.39 is 14.9 Å². The van der Waals surface area contributed by atoms with E-state index in [-0.39, 0.29) is 16.7 Å². The minimum Gasteiger partial charge on any atom is -0.400 e. The summed E-state index contributed by atoms with van der Waals surface area (Å²) < 4.78 is 24.4. The molecule has 0 aliphatic carbocycles. The van der Waals surface area contributed by atoms with Crippen molar-refractivity contribution < 1.29 is 19.3 Å². The molecule has 0 aliphatic rings. The van der Waals surface area contributed by atoms with E-state index in [0.717, 1.165) is 17.7 Å². The largest absolute Gasteiger partial charge is 0.400 e. The molecule has 1 unspecified atom stereocenters. The summed E-state index contributed by atoms with van der Waals surface area (Å²) in [5.74, 6) is 0. The summed E-state index contributed by atoms with van der Waals surface area (Å²) in [4.78, 5) is 0. The Morgan fingerprint density at radius 2 is 1.21 bits per heavy atom.